The summed E-state index contributed by atoms with van der Waals surface area (Å²) in [6, 6.07) is 3.65. The van der Waals surface area contributed by atoms with Gasteiger partial charge in [0.2, 0.25) is 0 Å². The van der Waals surface area contributed by atoms with Crippen LogP contribution in [-0.4, -0.2) is 15.2 Å². The number of rotatable bonds is 6. The Bertz CT molecular complexity index is 491. The molecule has 0 amide bonds. The van der Waals surface area contributed by atoms with Crippen LogP contribution in [0.25, 0.3) is 0 Å². The average molecular weight is 287 g/mol. The first-order valence-electron chi connectivity index (χ1n) is 5.87. The van der Waals surface area contributed by atoms with Crippen LogP contribution in [0, 0.1) is 26.1 Å². The van der Waals surface area contributed by atoms with E-state index in [1.807, 2.05) is 13.8 Å². The van der Waals surface area contributed by atoms with E-state index in [0.717, 1.165) is 12.5 Å². The van der Waals surface area contributed by atoms with E-state index in [4.69, 9.17) is 11.6 Å². The first-order valence-corrected chi connectivity index (χ1v) is 6.30. The number of hydrogen-bond donors (Lipinski definition) is 0. The van der Waals surface area contributed by atoms with Gasteiger partial charge in [-0.05, 0) is 24.8 Å². The molecule has 0 aliphatic carbocycles. The molecule has 0 aliphatic rings. The lowest BCUT2D eigenvalue weighted by Crippen LogP contribution is -2.09. The van der Waals surface area contributed by atoms with Crippen LogP contribution in [0.15, 0.2) is 18.2 Å². The molecule has 0 spiro atoms. The summed E-state index contributed by atoms with van der Waals surface area (Å²) in [5, 5.41) is 21.3. The van der Waals surface area contributed by atoms with E-state index >= 15 is 0 Å². The van der Waals surface area contributed by atoms with Crippen molar-refractivity contribution in [1.29, 1.82) is 0 Å². The van der Waals surface area contributed by atoms with Gasteiger partial charge in [0.05, 0.1) is 15.9 Å². The topological polar surface area (TPSA) is 86.3 Å². The lowest BCUT2D eigenvalue weighted by Gasteiger charge is -2.11. The maximum absolute atomic E-state index is 10.9. The van der Waals surface area contributed by atoms with Crippen molar-refractivity contribution in [3.63, 3.8) is 0 Å². The summed E-state index contributed by atoms with van der Waals surface area (Å²) in [6.45, 7) is 4.03. The zero-order valence-electron chi connectivity index (χ0n) is 10.7. The second-order valence-electron chi connectivity index (χ2n) is 4.76. The summed E-state index contributed by atoms with van der Waals surface area (Å²) < 4.78 is 0. The third-order valence-electron chi connectivity index (χ3n) is 2.64. The number of alkyl halides is 1. The summed E-state index contributed by atoms with van der Waals surface area (Å²) in [5.74, 6) is 0.389. The van der Waals surface area contributed by atoms with E-state index in [0.29, 0.717) is 17.9 Å². The van der Waals surface area contributed by atoms with Crippen LogP contribution < -0.4 is 0 Å². The fraction of sp³-hybridized carbons (Fsp3) is 0.500. The molecule has 0 saturated heterocycles. The first-order chi connectivity index (χ1) is 8.81. The molecular weight excluding hydrogens is 272 g/mol. The van der Waals surface area contributed by atoms with E-state index in [1.54, 1.807) is 0 Å². The number of non-ortho nitro benzene ring substituents is 1. The minimum atomic E-state index is -0.650. The molecule has 0 radical (unpaired) electrons. The molecule has 0 bridgehead atoms. The Morgan fingerprint density at radius 1 is 1.21 bits per heavy atom. The molecule has 0 aromatic heterocycles. The van der Waals surface area contributed by atoms with Gasteiger partial charge in [-0.3, -0.25) is 20.2 Å². The minimum absolute atomic E-state index is 0.222. The predicted molar refractivity (Wildman–Crippen MR) is 72.6 cm³/mol. The van der Waals surface area contributed by atoms with Gasteiger partial charge < -0.3 is 0 Å². The van der Waals surface area contributed by atoms with Crippen LogP contribution in [0.4, 0.5) is 11.4 Å². The monoisotopic (exact) mass is 286 g/mol. The van der Waals surface area contributed by atoms with Crippen molar-refractivity contribution < 1.29 is 9.85 Å². The van der Waals surface area contributed by atoms with Gasteiger partial charge in [0.25, 0.3) is 11.4 Å². The number of hydrogen-bond acceptors (Lipinski definition) is 4. The summed E-state index contributed by atoms with van der Waals surface area (Å²) in [6.07, 6.45) is 1.06. The van der Waals surface area contributed by atoms with Gasteiger partial charge in [-0.15, -0.1) is 11.6 Å². The standard InChI is InChI=1S/C12H15ClN2O4/c1-8(2)5-10(13)6-9-3-4-11(14(16)17)7-12(9)15(18)19/h3-4,7-8,10H,5-6H2,1-2H3. The fourth-order valence-corrected chi connectivity index (χ4v) is 2.36. The molecule has 0 saturated carbocycles. The normalized spacial score (nSPS) is 12.4. The SMILES string of the molecule is CC(C)CC(Cl)Cc1ccc([N+](=O)[O-])cc1[N+](=O)[O-]. The smallest absolute Gasteiger partial charge is 0.258 e. The molecule has 104 valence electrons. The number of halogens is 1. The Hall–Kier alpha value is -1.69. The van der Waals surface area contributed by atoms with Crippen molar-refractivity contribution in [2.45, 2.75) is 32.1 Å². The van der Waals surface area contributed by atoms with Crippen molar-refractivity contribution in [1.82, 2.24) is 0 Å². The second-order valence-corrected chi connectivity index (χ2v) is 5.38. The molecule has 0 heterocycles. The molecular formula is C12H15ClN2O4. The van der Waals surface area contributed by atoms with Crippen LogP contribution in [0.2, 0.25) is 0 Å². The minimum Gasteiger partial charge on any atom is -0.258 e. The molecule has 19 heavy (non-hydrogen) atoms. The molecule has 1 aromatic carbocycles. The van der Waals surface area contributed by atoms with Crippen molar-refractivity contribution >= 4 is 23.0 Å². The van der Waals surface area contributed by atoms with Crippen LogP contribution in [-0.2, 0) is 6.42 Å². The van der Waals surface area contributed by atoms with Gasteiger partial charge in [0.1, 0.15) is 0 Å². The summed E-state index contributed by atoms with van der Waals surface area (Å²) >= 11 is 6.13. The predicted octanol–water partition coefficient (Wildman–Crippen LogP) is 3.70. The number of nitrogens with zero attached hydrogens (tertiary/aromatic N) is 2. The lowest BCUT2D eigenvalue weighted by atomic mass is 10.0. The van der Waals surface area contributed by atoms with Crippen molar-refractivity contribution in [2.75, 3.05) is 0 Å². The van der Waals surface area contributed by atoms with Gasteiger partial charge in [-0.2, -0.15) is 0 Å². The molecule has 1 atom stereocenters. The zero-order valence-corrected chi connectivity index (χ0v) is 11.5. The lowest BCUT2D eigenvalue weighted by molar-refractivity contribution is -0.394. The largest absolute Gasteiger partial charge is 0.279 e. The third-order valence-corrected chi connectivity index (χ3v) is 2.98. The van der Waals surface area contributed by atoms with Gasteiger partial charge in [0, 0.05) is 17.0 Å². The highest BCUT2D eigenvalue weighted by Crippen LogP contribution is 2.27. The molecule has 1 unspecified atom stereocenters. The maximum Gasteiger partial charge on any atom is 0.279 e. The van der Waals surface area contributed by atoms with Crippen molar-refractivity contribution in [2.24, 2.45) is 5.92 Å². The Kier molecular flexibility index (Phi) is 5.23. The number of nitro benzene ring substituents is 2. The summed E-state index contributed by atoms with van der Waals surface area (Å²) in [5.41, 5.74) is -0.106. The average Bonchev–Trinajstić information content (AvgIpc) is 2.27. The zero-order chi connectivity index (χ0) is 14.6. The first kappa shape index (κ1) is 15.4. The van der Waals surface area contributed by atoms with Crippen LogP contribution in [0.5, 0.6) is 0 Å². The van der Waals surface area contributed by atoms with Crippen LogP contribution in [0.1, 0.15) is 25.8 Å². The van der Waals surface area contributed by atoms with E-state index in [2.05, 4.69) is 0 Å². The molecule has 1 rings (SSSR count). The Balaban J connectivity index is 3.00. The quantitative estimate of drug-likeness (QED) is 0.453. The van der Waals surface area contributed by atoms with E-state index in [-0.39, 0.29) is 16.8 Å². The molecule has 1 aromatic rings. The van der Waals surface area contributed by atoms with Crippen LogP contribution in [0.3, 0.4) is 0 Å². The highest BCUT2D eigenvalue weighted by molar-refractivity contribution is 6.20. The Morgan fingerprint density at radius 3 is 2.32 bits per heavy atom. The van der Waals surface area contributed by atoms with Crippen LogP contribution >= 0.6 is 11.6 Å². The summed E-state index contributed by atoms with van der Waals surface area (Å²) in [7, 11) is 0. The third kappa shape index (κ3) is 4.48. The van der Waals surface area contributed by atoms with E-state index in [9.17, 15) is 20.2 Å². The Morgan fingerprint density at radius 2 is 1.84 bits per heavy atom. The summed E-state index contributed by atoms with van der Waals surface area (Å²) in [4.78, 5) is 20.3. The van der Waals surface area contributed by atoms with Gasteiger partial charge in [-0.25, -0.2) is 0 Å². The van der Waals surface area contributed by atoms with E-state index in [1.165, 1.54) is 12.1 Å². The number of benzene rings is 1. The van der Waals surface area contributed by atoms with Gasteiger partial charge in [-0.1, -0.05) is 13.8 Å². The maximum atomic E-state index is 10.9. The fourth-order valence-electron chi connectivity index (χ4n) is 1.84. The molecule has 7 heteroatoms. The van der Waals surface area contributed by atoms with Gasteiger partial charge in [0.15, 0.2) is 0 Å². The van der Waals surface area contributed by atoms with E-state index < -0.39 is 9.85 Å². The van der Waals surface area contributed by atoms with Crippen molar-refractivity contribution in [3.05, 3.63) is 44.0 Å². The highest BCUT2D eigenvalue weighted by Gasteiger charge is 2.21. The van der Waals surface area contributed by atoms with Crippen molar-refractivity contribution in [3.8, 4) is 0 Å². The van der Waals surface area contributed by atoms with Gasteiger partial charge >= 0.3 is 0 Å². The molecule has 0 N–H and O–H groups in total. The molecule has 0 fully saturated rings. The second kappa shape index (κ2) is 6.47. The Labute approximate surface area is 115 Å². The highest BCUT2D eigenvalue weighted by atomic mass is 35.5. The molecule has 6 nitrogen and oxygen atoms in total. The number of nitro groups is 2. The molecule has 0 aliphatic heterocycles.